The average molecular weight is 502 g/mol. The van der Waals surface area contributed by atoms with Gasteiger partial charge in [-0.3, -0.25) is 0 Å². The quantitative estimate of drug-likeness (QED) is 0.110. The fraction of sp³-hybridized carbons (Fsp3) is 0.259. The van der Waals surface area contributed by atoms with Crippen LogP contribution in [-0.2, 0) is 0 Å². The molecule has 0 bridgehead atoms. The molecule has 0 fully saturated rings. The van der Waals surface area contributed by atoms with Crippen LogP contribution in [0, 0.1) is 0 Å². The van der Waals surface area contributed by atoms with Crippen molar-refractivity contribution in [3.05, 3.63) is 103 Å². The van der Waals surface area contributed by atoms with Crippen LogP contribution in [0.2, 0.25) is 0 Å². The molecule has 0 spiro atoms. The second kappa shape index (κ2) is 11.3. The Morgan fingerprint density at radius 1 is 0.600 bits per heavy atom. The van der Waals surface area contributed by atoms with E-state index >= 15 is 0 Å². The number of allylic oxidation sites excluding steroid dienone is 2. The summed E-state index contributed by atoms with van der Waals surface area (Å²) in [5, 5.41) is 1.30. The van der Waals surface area contributed by atoms with Crippen molar-refractivity contribution in [3.8, 4) is 0 Å². The Labute approximate surface area is 195 Å². The van der Waals surface area contributed by atoms with Crippen LogP contribution in [0.5, 0.6) is 0 Å². The van der Waals surface area contributed by atoms with Crippen LogP contribution in [-0.4, -0.2) is 12.0 Å². The van der Waals surface area contributed by atoms with Crippen molar-refractivity contribution in [2.24, 2.45) is 0 Å². The third-order valence-corrected chi connectivity index (χ3v) is 15.6. The molecule has 0 aliphatic heterocycles. The molecule has 0 N–H and O–H groups in total. The van der Waals surface area contributed by atoms with E-state index in [1.165, 1.54) is 35.2 Å². The molecular formula is C27H31BrClP. The Kier molecular flexibility index (Phi) is 8.75. The molecule has 0 saturated carbocycles. The maximum atomic E-state index is 5.79. The second-order valence-electron chi connectivity index (χ2n) is 7.74. The predicted octanol–water partition coefficient (Wildman–Crippen LogP) is 7.57. The number of alkyl halides is 1. The van der Waals surface area contributed by atoms with Crippen LogP contribution in [0.4, 0.5) is 0 Å². The van der Waals surface area contributed by atoms with Gasteiger partial charge in [0.15, 0.2) is 0 Å². The van der Waals surface area contributed by atoms with Gasteiger partial charge in [0.05, 0.1) is 0 Å². The first-order chi connectivity index (χ1) is 14.7. The summed E-state index contributed by atoms with van der Waals surface area (Å²) in [5.74, 6) is 0.777. The average Bonchev–Trinajstić information content (AvgIpc) is 2.82. The molecule has 3 heteroatoms. The molecular weight excluding hydrogens is 471 g/mol. The van der Waals surface area contributed by atoms with Gasteiger partial charge in [-0.2, -0.15) is 0 Å². The van der Waals surface area contributed by atoms with E-state index in [9.17, 15) is 0 Å². The van der Waals surface area contributed by atoms with E-state index in [2.05, 4.69) is 119 Å². The third-order valence-electron chi connectivity index (χ3n) is 5.75. The number of rotatable bonds is 11. The molecule has 0 aliphatic rings. The number of benzene rings is 3. The molecule has 0 radical (unpaired) electrons. The van der Waals surface area contributed by atoms with Gasteiger partial charge in [0.2, 0.25) is 0 Å². The van der Waals surface area contributed by atoms with Crippen LogP contribution in [0.15, 0.2) is 103 Å². The minimum absolute atomic E-state index is 0.777. The standard InChI is InChI=1S/C27H31BrClP/c28-30(25-17-9-6-10-18-25,26-19-11-7-12-20-26,27-21-13-8-14-22-27)24-16-5-3-1-2-4-15-23-29/h5-14,16-22H,1-4,15,23-24H2/b16-5+. The monoisotopic (exact) mass is 500 g/mol. The molecule has 0 unspecified atom stereocenters. The van der Waals surface area contributed by atoms with Crippen molar-refractivity contribution >= 4 is 48.3 Å². The maximum absolute atomic E-state index is 5.79. The first kappa shape index (κ1) is 23.3. The van der Waals surface area contributed by atoms with Gasteiger partial charge in [-0.25, -0.2) is 0 Å². The number of halogens is 2. The van der Waals surface area contributed by atoms with Crippen LogP contribution < -0.4 is 15.9 Å². The fourth-order valence-electron chi connectivity index (χ4n) is 4.08. The van der Waals surface area contributed by atoms with Gasteiger partial charge < -0.3 is 0 Å². The van der Waals surface area contributed by atoms with E-state index in [-0.39, 0.29) is 0 Å². The first-order valence-corrected chi connectivity index (χ1v) is 15.8. The molecule has 30 heavy (non-hydrogen) atoms. The zero-order chi connectivity index (χ0) is 21.1. The van der Waals surface area contributed by atoms with Gasteiger partial charge in [-0.1, -0.05) is 0 Å². The topological polar surface area (TPSA) is 0 Å². The molecule has 0 saturated heterocycles. The first-order valence-electron chi connectivity index (χ1n) is 10.8. The van der Waals surface area contributed by atoms with E-state index in [0.717, 1.165) is 24.9 Å². The molecule has 0 heterocycles. The Hall–Kier alpha value is -1.40. The van der Waals surface area contributed by atoms with Crippen molar-refractivity contribution < 1.29 is 0 Å². The van der Waals surface area contributed by atoms with Gasteiger partial charge in [0.1, 0.15) is 0 Å². The summed E-state index contributed by atoms with van der Waals surface area (Å²) in [4.78, 5) is 0. The van der Waals surface area contributed by atoms with Gasteiger partial charge in [-0.05, 0) is 0 Å². The fourth-order valence-corrected chi connectivity index (χ4v) is 11.4. The Morgan fingerprint density at radius 2 is 1.03 bits per heavy atom. The molecule has 0 aromatic heterocycles. The molecule has 3 aromatic carbocycles. The number of hydrogen-bond acceptors (Lipinski definition) is 0. The van der Waals surface area contributed by atoms with Gasteiger partial charge >= 0.3 is 196 Å². The van der Waals surface area contributed by atoms with Crippen LogP contribution in [0.1, 0.15) is 32.1 Å². The zero-order valence-electron chi connectivity index (χ0n) is 17.5. The van der Waals surface area contributed by atoms with Crippen LogP contribution in [0.25, 0.3) is 0 Å². The van der Waals surface area contributed by atoms with E-state index in [1.807, 2.05) is 0 Å². The minimum atomic E-state index is -2.81. The third kappa shape index (κ3) is 5.08. The second-order valence-corrected chi connectivity index (χ2v) is 17.1. The Bertz CT molecular complexity index is 810. The summed E-state index contributed by atoms with van der Waals surface area (Å²) in [6.07, 6.45) is 11.7. The summed E-state index contributed by atoms with van der Waals surface area (Å²) >= 11 is 10.3. The van der Waals surface area contributed by atoms with Gasteiger partial charge in [0, 0.05) is 0 Å². The molecule has 3 rings (SSSR count). The summed E-state index contributed by atoms with van der Waals surface area (Å²) < 4.78 is 0. The normalized spacial score (nSPS) is 13.2. The van der Waals surface area contributed by atoms with Crippen LogP contribution >= 0.6 is 32.4 Å². The SMILES string of the molecule is ClCCCCCC/C=C/CP(Br)(c1ccccc1)(c1ccccc1)c1ccccc1. The van der Waals surface area contributed by atoms with Crippen molar-refractivity contribution in [1.82, 2.24) is 0 Å². The molecule has 0 amide bonds. The summed E-state index contributed by atoms with van der Waals surface area (Å²) in [6, 6.07) is 33.0. The van der Waals surface area contributed by atoms with E-state index in [4.69, 9.17) is 11.6 Å². The summed E-state index contributed by atoms with van der Waals surface area (Å²) in [7, 11) is 0. The molecule has 158 valence electrons. The van der Waals surface area contributed by atoms with Crippen molar-refractivity contribution in [2.45, 2.75) is 32.1 Å². The van der Waals surface area contributed by atoms with Crippen molar-refractivity contribution in [1.29, 1.82) is 0 Å². The summed E-state index contributed by atoms with van der Waals surface area (Å²) in [6.45, 7) is 0. The molecule has 3 aromatic rings. The Balaban J connectivity index is 2.00. The molecule has 0 aliphatic carbocycles. The Morgan fingerprint density at radius 3 is 1.47 bits per heavy atom. The van der Waals surface area contributed by atoms with Crippen molar-refractivity contribution in [2.75, 3.05) is 12.0 Å². The number of hydrogen-bond donors (Lipinski definition) is 0. The van der Waals surface area contributed by atoms with Crippen LogP contribution in [0.3, 0.4) is 0 Å². The predicted molar refractivity (Wildman–Crippen MR) is 142 cm³/mol. The van der Waals surface area contributed by atoms with Crippen molar-refractivity contribution in [3.63, 3.8) is 0 Å². The molecule has 0 nitrogen and oxygen atoms in total. The van der Waals surface area contributed by atoms with Gasteiger partial charge in [-0.15, -0.1) is 0 Å². The summed E-state index contributed by atoms with van der Waals surface area (Å²) in [5.41, 5.74) is 0. The van der Waals surface area contributed by atoms with E-state index in [1.54, 1.807) is 0 Å². The molecule has 0 atom stereocenters. The van der Waals surface area contributed by atoms with E-state index < -0.39 is 5.31 Å². The van der Waals surface area contributed by atoms with Gasteiger partial charge in [0.25, 0.3) is 0 Å². The zero-order valence-corrected chi connectivity index (χ0v) is 20.7. The van der Waals surface area contributed by atoms with E-state index in [0.29, 0.717) is 0 Å². The number of unbranched alkanes of at least 4 members (excludes halogenated alkanes) is 4.